The van der Waals surface area contributed by atoms with Gasteiger partial charge in [0.15, 0.2) is 5.82 Å². The first-order valence-electron chi connectivity index (χ1n) is 7.72. The van der Waals surface area contributed by atoms with Gasteiger partial charge in [0.2, 0.25) is 11.8 Å². The van der Waals surface area contributed by atoms with E-state index in [2.05, 4.69) is 29.3 Å². The lowest BCUT2D eigenvalue weighted by Gasteiger charge is -2.31. The van der Waals surface area contributed by atoms with E-state index in [0.29, 0.717) is 42.6 Å². The van der Waals surface area contributed by atoms with E-state index in [9.17, 15) is 4.79 Å². The third-order valence-electron chi connectivity index (χ3n) is 3.86. The molecule has 0 saturated carbocycles. The normalized spacial score (nSPS) is 22.5. The predicted molar refractivity (Wildman–Crippen MR) is 77.7 cm³/mol. The zero-order chi connectivity index (χ0) is 15.2. The molecule has 1 N–H and O–H groups in total. The zero-order valence-electron chi connectivity index (χ0n) is 13.1. The van der Waals surface area contributed by atoms with Crippen molar-refractivity contribution in [2.75, 3.05) is 13.2 Å². The van der Waals surface area contributed by atoms with Crippen molar-refractivity contribution >= 4 is 5.91 Å². The first kappa shape index (κ1) is 15.9. The SMILES string of the molecule is CC(=O)NCCc1noc(CC2CCOC(C(C)C)C2)n1. The molecule has 0 spiro atoms. The minimum absolute atomic E-state index is 0.0411. The molecule has 1 aromatic heterocycles. The Morgan fingerprint density at radius 3 is 3.00 bits per heavy atom. The van der Waals surface area contributed by atoms with Crippen molar-refractivity contribution in [3.05, 3.63) is 11.7 Å². The number of rotatable bonds is 6. The maximum absolute atomic E-state index is 10.8. The van der Waals surface area contributed by atoms with Crippen LogP contribution < -0.4 is 5.32 Å². The van der Waals surface area contributed by atoms with Crippen molar-refractivity contribution in [2.45, 2.75) is 52.6 Å². The Balaban J connectivity index is 1.80. The van der Waals surface area contributed by atoms with Gasteiger partial charge in [-0.15, -0.1) is 0 Å². The number of ether oxygens (including phenoxy) is 1. The molecule has 1 aromatic rings. The van der Waals surface area contributed by atoms with Gasteiger partial charge in [0.1, 0.15) is 0 Å². The molecular weight excluding hydrogens is 270 g/mol. The molecule has 1 saturated heterocycles. The molecule has 1 aliphatic rings. The van der Waals surface area contributed by atoms with E-state index in [1.54, 1.807) is 0 Å². The van der Waals surface area contributed by atoms with E-state index in [4.69, 9.17) is 9.26 Å². The topological polar surface area (TPSA) is 77.2 Å². The van der Waals surface area contributed by atoms with Crippen LogP contribution in [0.1, 0.15) is 45.3 Å². The first-order valence-corrected chi connectivity index (χ1v) is 7.72. The van der Waals surface area contributed by atoms with Crippen LogP contribution in [0, 0.1) is 11.8 Å². The van der Waals surface area contributed by atoms with Crippen LogP contribution in [0.25, 0.3) is 0 Å². The summed E-state index contributed by atoms with van der Waals surface area (Å²) in [5.74, 6) is 2.41. The summed E-state index contributed by atoms with van der Waals surface area (Å²) in [7, 11) is 0. The van der Waals surface area contributed by atoms with Gasteiger partial charge in [0.05, 0.1) is 6.10 Å². The highest BCUT2D eigenvalue weighted by Gasteiger charge is 2.26. The van der Waals surface area contributed by atoms with Crippen LogP contribution in [0.4, 0.5) is 0 Å². The van der Waals surface area contributed by atoms with E-state index in [-0.39, 0.29) is 5.91 Å². The fraction of sp³-hybridized carbons (Fsp3) is 0.800. The monoisotopic (exact) mass is 295 g/mol. The van der Waals surface area contributed by atoms with Gasteiger partial charge >= 0.3 is 0 Å². The summed E-state index contributed by atoms with van der Waals surface area (Å²) in [6, 6.07) is 0. The number of aromatic nitrogens is 2. The van der Waals surface area contributed by atoms with Crippen LogP contribution in [0.15, 0.2) is 4.52 Å². The lowest BCUT2D eigenvalue weighted by Crippen LogP contribution is -2.30. The summed E-state index contributed by atoms with van der Waals surface area (Å²) >= 11 is 0. The molecule has 6 nitrogen and oxygen atoms in total. The Bertz CT molecular complexity index is 459. The molecule has 1 fully saturated rings. The standard InChI is InChI=1S/C15H25N3O3/c1-10(2)13-8-12(5-7-20-13)9-15-17-14(18-21-15)4-6-16-11(3)19/h10,12-13H,4-9H2,1-3H3,(H,16,19). The maximum atomic E-state index is 10.8. The lowest BCUT2D eigenvalue weighted by atomic mass is 9.88. The average Bonchev–Trinajstić information content (AvgIpc) is 2.86. The van der Waals surface area contributed by atoms with Gasteiger partial charge in [0, 0.05) is 32.9 Å². The minimum atomic E-state index is -0.0411. The lowest BCUT2D eigenvalue weighted by molar-refractivity contribution is -0.118. The number of hydrogen-bond donors (Lipinski definition) is 1. The molecule has 1 aliphatic heterocycles. The van der Waals surface area contributed by atoms with E-state index in [1.807, 2.05) is 0 Å². The Labute approximate surface area is 125 Å². The van der Waals surface area contributed by atoms with Crippen molar-refractivity contribution in [1.82, 2.24) is 15.5 Å². The summed E-state index contributed by atoms with van der Waals surface area (Å²) < 4.78 is 11.1. The summed E-state index contributed by atoms with van der Waals surface area (Å²) in [5.41, 5.74) is 0. The average molecular weight is 295 g/mol. The Kier molecular flexibility index (Phi) is 5.73. The smallest absolute Gasteiger partial charge is 0.226 e. The molecular formula is C15H25N3O3. The molecule has 0 aromatic carbocycles. The number of nitrogens with zero attached hydrogens (tertiary/aromatic N) is 2. The molecule has 118 valence electrons. The highest BCUT2D eigenvalue weighted by molar-refractivity contribution is 5.72. The largest absolute Gasteiger partial charge is 0.378 e. The van der Waals surface area contributed by atoms with Crippen molar-refractivity contribution in [3.63, 3.8) is 0 Å². The zero-order valence-corrected chi connectivity index (χ0v) is 13.1. The van der Waals surface area contributed by atoms with Crippen molar-refractivity contribution in [3.8, 4) is 0 Å². The van der Waals surface area contributed by atoms with Gasteiger partial charge in [-0.25, -0.2) is 0 Å². The molecule has 0 bridgehead atoms. The van der Waals surface area contributed by atoms with E-state index in [0.717, 1.165) is 25.9 Å². The van der Waals surface area contributed by atoms with Gasteiger partial charge in [-0.05, 0) is 24.7 Å². The number of hydrogen-bond acceptors (Lipinski definition) is 5. The molecule has 21 heavy (non-hydrogen) atoms. The van der Waals surface area contributed by atoms with Gasteiger partial charge < -0.3 is 14.6 Å². The van der Waals surface area contributed by atoms with Gasteiger partial charge in [-0.2, -0.15) is 4.98 Å². The molecule has 0 radical (unpaired) electrons. The van der Waals surface area contributed by atoms with Crippen LogP contribution in [0.3, 0.4) is 0 Å². The quantitative estimate of drug-likeness (QED) is 0.865. The molecule has 0 aliphatic carbocycles. The van der Waals surface area contributed by atoms with Crippen LogP contribution in [0.5, 0.6) is 0 Å². The van der Waals surface area contributed by atoms with Gasteiger partial charge in [0.25, 0.3) is 0 Å². The Hall–Kier alpha value is -1.43. The van der Waals surface area contributed by atoms with Crippen LogP contribution in [0.2, 0.25) is 0 Å². The summed E-state index contributed by atoms with van der Waals surface area (Å²) in [6.45, 7) is 7.25. The van der Waals surface area contributed by atoms with Crippen LogP contribution in [-0.2, 0) is 22.4 Å². The second kappa shape index (κ2) is 7.54. The Morgan fingerprint density at radius 2 is 2.29 bits per heavy atom. The summed E-state index contributed by atoms with van der Waals surface area (Å²) in [5, 5.41) is 6.69. The number of carbonyl (C=O) groups excluding carboxylic acids is 1. The van der Waals surface area contributed by atoms with Crippen LogP contribution >= 0.6 is 0 Å². The minimum Gasteiger partial charge on any atom is -0.378 e. The highest BCUT2D eigenvalue weighted by atomic mass is 16.5. The second-order valence-corrected chi connectivity index (χ2v) is 6.09. The Morgan fingerprint density at radius 1 is 1.48 bits per heavy atom. The van der Waals surface area contributed by atoms with E-state index >= 15 is 0 Å². The van der Waals surface area contributed by atoms with Gasteiger partial charge in [-0.3, -0.25) is 4.79 Å². The molecule has 2 heterocycles. The van der Waals surface area contributed by atoms with Gasteiger partial charge in [-0.1, -0.05) is 19.0 Å². The van der Waals surface area contributed by atoms with Crippen molar-refractivity contribution in [2.24, 2.45) is 11.8 Å². The first-order chi connectivity index (χ1) is 10.0. The number of amides is 1. The third-order valence-corrected chi connectivity index (χ3v) is 3.86. The van der Waals surface area contributed by atoms with Crippen molar-refractivity contribution in [1.29, 1.82) is 0 Å². The fourth-order valence-electron chi connectivity index (χ4n) is 2.62. The highest BCUT2D eigenvalue weighted by Crippen LogP contribution is 2.27. The molecule has 6 heteroatoms. The second-order valence-electron chi connectivity index (χ2n) is 6.09. The number of nitrogens with one attached hydrogen (secondary N) is 1. The van der Waals surface area contributed by atoms with E-state index < -0.39 is 0 Å². The predicted octanol–water partition coefficient (Wildman–Crippen LogP) is 1.74. The van der Waals surface area contributed by atoms with E-state index in [1.165, 1.54) is 6.92 Å². The van der Waals surface area contributed by atoms with Crippen molar-refractivity contribution < 1.29 is 14.1 Å². The number of carbonyl (C=O) groups is 1. The fourth-order valence-corrected chi connectivity index (χ4v) is 2.62. The molecule has 1 amide bonds. The molecule has 2 unspecified atom stereocenters. The summed E-state index contributed by atoms with van der Waals surface area (Å²) in [4.78, 5) is 15.2. The molecule has 2 atom stereocenters. The third kappa shape index (κ3) is 5.12. The maximum Gasteiger partial charge on any atom is 0.226 e. The molecule has 2 rings (SSSR count). The van der Waals surface area contributed by atoms with Crippen LogP contribution in [-0.4, -0.2) is 35.3 Å². The summed E-state index contributed by atoms with van der Waals surface area (Å²) in [6.07, 6.45) is 3.87.